The maximum absolute atomic E-state index is 11.7. The molecule has 0 spiro atoms. The molecule has 0 aliphatic heterocycles. The Kier molecular flexibility index (Phi) is 4.28. The summed E-state index contributed by atoms with van der Waals surface area (Å²) in [7, 11) is 2.44. The van der Waals surface area contributed by atoms with E-state index in [0.29, 0.717) is 10.7 Å². The molecular formula is C14H13ClN2O4. The number of benzene rings is 1. The standard InChI is InChI=1S/C14H13ClN2O4/c1-8-4-5-9(15)6-11(8)17-7-10(13(18)20-2)12(16-17)14(19)21-3/h4-7H,1-3H3. The molecule has 1 heterocycles. The van der Waals surface area contributed by atoms with Crippen LogP contribution in [0.1, 0.15) is 26.4 Å². The summed E-state index contributed by atoms with van der Waals surface area (Å²) in [5.41, 5.74) is 1.46. The fraction of sp³-hybridized carbons (Fsp3) is 0.214. The molecule has 0 unspecified atom stereocenters. The minimum atomic E-state index is -0.714. The molecule has 0 aliphatic carbocycles. The molecule has 0 saturated heterocycles. The number of aromatic nitrogens is 2. The molecule has 0 bridgehead atoms. The van der Waals surface area contributed by atoms with Gasteiger partial charge in [-0.1, -0.05) is 17.7 Å². The highest BCUT2D eigenvalue weighted by atomic mass is 35.5. The summed E-state index contributed by atoms with van der Waals surface area (Å²) in [6, 6.07) is 5.24. The zero-order valence-corrected chi connectivity index (χ0v) is 12.5. The van der Waals surface area contributed by atoms with Gasteiger partial charge in [0.1, 0.15) is 5.56 Å². The van der Waals surface area contributed by atoms with Crippen LogP contribution in [-0.4, -0.2) is 35.9 Å². The molecule has 0 saturated carbocycles. The highest BCUT2D eigenvalue weighted by Gasteiger charge is 2.24. The molecule has 1 aromatic heterocycles. The molecule has 2 aromatic rings. The zero-order chi connectivity index (χ0) is 15.6. The van der Waals surface area contributed by atoms with Crippen molar-refractivity contribution in [3.8, 4) is 5.69 Å². The van der Waals surface area contributed by atoms with E-state index in [9.17, 15) is 9.59 Å². The summed E-state index contributed by atoms with van der Waals surface area (Å²) in [4.78, 5) is 23.5. The molecular weight excluding hydrogens is 296 g/mol. The van der Waals surface area contributed by atoms with Gasteiger partial charge in [-0.25, -0.2) is 14.3 Å². The van der Waals surface area contributed by atoms with E-state index in [1.165, 1.54) is 25.1 Å². The highest BCUT2D eigenvalue weighted by Crippen LogP contribution is 2.21. The summed E-state index contributed by atoms with van der Waals surface area (Å²) < 4.78 is 10.7. The molecule has 0 N–H and O–H groups in total. The van der Waals surface area contributed by atoms with Crippen molar-refractivity contribution in [1.82, 2.24) is 9.78 Å². The average Bonchev–Trinajstić information content (AvgIpc) is 2.93. The first-order valence-electron chi connectivity index (χ1n) is 6.00. The molecule has 0 atom stereocenters. The van der Waals surface area contributed by atoms with Gasteiger partial charge in [0.2, 0.25) is 0 Å². The molecule has 0 aliphatic rings. The molecule has 1 aromatic carbocycles. The molecule has 110 valence electrons. The molecule has 0 amide bonds. The van der Waals surface area contributed by atoms with Crippen LogP contribution in [0.15, 0.2) is 24.4 Å². The highest BCUT2D eigenvalue weighted by molar-refractivity contribution is 6.30. The van der Waals surface area contributed by atoms with Gasteiger partial charge in [-0.05, 0) is 24.6 Å². The van der Waals surface area contributed by atoms with Crippen LogP contribution in [-0.2, 0) is 9.47 Å². The zero-order valence-electron chi connectivity index (χ0n) is 11.7. The van der Waals surface area contributed by atoms with Crippen LogP contribution >= 0.6 is 11.6 Å². The predicted molar refractivity (Wildman–Crippen MR) is 76.0 cm³/mol. The van der Waals surface area contributed by atoms with E-state index in [-0.39, 0.29) is 11.3 Å². The summed E-state index contributed by atoms with van der Waals surface area (Å²) in [6.07, 6.45) is 1.41. The number of hydrogen-bond donors (Lipinski definition) is 0. The van der Waals surface area contributed by atoms with Gasteiger partial charge in [-0.15, -0.1) is 0 Å². The number of ether oxygens (including phenoxy) is 2. The van der Waals surface area contributed by atoms with Crippen molar-refractivity contribution in [2.75, 3.05) is 14.2 Å². The number of halogens is 1. The topological polar surface area (TPSA) is 70.4 Å². The van der Waals surface area contributed by atoms with Gasteiger partial charge in [0.15, 0.2) is 5.69 Å². The lowest BCUT2D eigenvalue weighted by molar-refractivity contribution is 0.0552. The van der Waals surface area contributed by atoms with Crippen molar-refractivity contribution >= 4 is 23.5 Å². The van der Waals surface area contributed by atoms with Crippen molar-refractivity contribution in [3.05, 3.63) is 46.2 Å². The summed E-state index contributed by atoms with van der Waals surface area (Å²) in [5.74, 6) is -1.38. The van der Waals surface area contributed by atoms with Crippen LogP contribution in [0.3, 0.4) is 0 Å². The Balaban J connectivity index is 2.61. The van der Waals surface area contributed by atoms with Gasteiger partial charge in [-0.2, -0.15) is 5.10 Å². The number of hydrogen-bond acceptors (Lipinski definition) is 5. The minimum Gasteiger partial charge on any atom is -0.465 e. The van der Waals surface area contributed by atoms with Crippen molar-refractivity contribution in [3.63, 3.8) is 0 Å². The Morgan fingerprint density at radius 1 is 1.19 bits per heavy atom. The lowest BCUT2D eigenvalue weighted by atomic mass is 10.2. The summed E-state index contributed by atoms with van der Waals surface area (Å²) in [5, 5.41) is 4.62. The fourth-order valence-electron chi connectivity index (χ4n) is 1.83. The Labute approximate surface area is 126 Å². The number of esters is 2. The van der Waals surface area contributed by atoms with Crippen LogP contribution in [0.4, 0.5) is 0 Å². The Hall–Kier alpha value is -2.34. The van der Waals surface area contributed by atoms with Crippen LogP contribution < -0.4 is 0 Å². The Morgan fingerprint density at radius 3 is 2.48 bits per heavy atom. The lowest BCUT2D eigenvalue weighted by Crippen LogP contribution is -2.10. The molecule has 7 heteroatoms. The monoisotopic (exact) mass is 308 g/mol. The second-order valence-electron chi connectivity index (χ2n) is 4.25. The third kappa shape index (κ3) is 2.90. The van der Waals surface area contributed by atoms with Gasteiger partial charge in [0.05, 0.1) is 19.9 Å². The van der Waals surface area contributed by atoms with Crippen LogP contribution in [0.25, 0.3) is 5.69 Å². The first-order chi connectivity index (χ1) is 9.97. The molecule has 0 fully saturated rings. The van der Waals surface area contributed by atoms with Gasteiger partial charge < -0.3 is 9.47 Å². The van der Waals surface area contributed by atoms with E-state index in [4.69, 9.17) is 11.6 Å². The van der Waals surface area contributed by atoms with E-state index in [0.717, 1.165) is 5.56 Å². The van der Waals surface area contributed by atoms with E-state index in [1.807, 2.05) is 13.0 Å². The van der Waals surface area contributed by atoms with Crippen molar-refractivity contribution in [2.24, 2.45) is 0 Å². The van der Waals surface area contributed by atoms with E-state index in [2.05, 4.69) is 14.6 Å². The minimum absolute atomic E-state index is 0.0312. The molecule has 6 nitrogen and oxygen atoms in total. The molecule has 21 heavy (non-hydrogen) atoms. The first kappa shape index (κ1) is 15.1. The van der Waals surface area contributed by atoms with Gasteiger partial charge in [0, 0.05) is 11.2 Å². The third-order valence-electron chi connectivity index (χ3n) is 2.92. The van der Waals surface area contributed by atoms with Crippen molar-refractivity contribution in [2.45, 2.75) is 6.92 Å². The second kappa shape index (κ2) is 5.97. The third-order valence-corrected chi connectivity index (χ3v) is 3.15. The maximum Gasteiger partial charge on any atom is 0.359 e. The van der Waals surface area contributed by atoms with E-state index < -0.39 is 11.9 Å². The number of carbonyl (C=O) groups excluding carboxylic acids is 2. The quantitative estimate of drug-likeness (QED) is 0.814. The SMILES string of the molecule is COC(=O)c1cn(-c2cc(Cl)ccc2C)nc1C(=O)OC. The molecule has 2 rings (SSSR count). The van der Waals surface area contributed by atoms with Crippen molar-refractivity contribution < 1.29 is 19.1 Å². The maximum atomic E-state index is 11.7. The number of nitrogens with zero attached hydrogens (tertiary/aromatic N) is 2. The van der Waals surface area contributed by atoms with Crippen LogP contribution in [0, 0.1) is 6.92 Å². The number of aryl methyl sites for hydroxylation is 1. The molecule has 0 radical (unpaired) electrons. The Morgan fingerprint density at radius 2 is 1.86 bits per heavy atom. The van der Waals surface area contributed by atoms with Gasteiger partial charge >= 0.3 is 11.9 Å². The summed E-state index contributed by atoms with van der Waals surface area (Å²) >= 11 is 5.97. The predicted octanol–water partition coefficient (Wildman–Crippen LogP) is 2.41. The Bertz CT molecular complexity index is 675. The summed E-state index contributed by atoms with van der Waals surface area (Å²) in [6.45, 7) is 1.86. The van der Waals surface area contributed by atoms with E-state index >= 15 is 0 Å². The number of rotatable bonds is 3. The first-order valence-corrected chi connectivity index (χ1v) is 6.38. The van der Waals surface area contributed by atoms with Crippen molar-refractivity contribution in [1.29, 1.82) is 0 Å². The van der Waals surface area contributed by atoms with E-state index in [1.54, 1.807) is 12.1 Å². The lowest BCUT2D eigenvalue weighted by Gasteiger charge is -2.05. The normalized spacial score (nSPS) is 10.3. The smallest absolute Gasteiger partial charge is 0.359 e. The average molecular weight is 309 g/mol. The number of carbonyl (C=O) groups is 2. The van der Waals surface area contributed by atoms with Crippen LogP contribution in [0.5, 0.6) is 0 Å². The van der Waals surface area contributed by atoms with Gasteiger partial charge in [0.25, 0.3) is 0 Å². The second-order valence-corrected chi connectivity index (χ2v) is 4.69. The van der Waals surface area contributed by atoms with Gasteiger partial charge in [-0.3, -0.25) is 0 Å². The van der Waals surface area contributed by atoms with Crippen LogP contribution in [0.2, 0.25) is 5.02 Å². The number of methoxy groups -OCH3 is 2. The fourth-order valence-corrected chi connectivity index (χ4v) is 2.00. The largest absolute Gasteiger partial charge is 0.465 e.